The summed E-state index contributed by atoms with van der Waals surface area (Å²) in [6.45, 7) is 2.04. The lowest BCUT2D eigenvalue weighted by Crippen LogP contribution is -2.54. The van der Waals surface area contributed by atoms with Crippen molar-refractivity contribution in [3.63, 3.8) is 0 Å². The predicted molar refractivity (Wildman–Crippen MR) is 128 cm³/mol. The summed E-state index contributed by atoms with van der Waals surface area (Å²) in [5.74, 6) is -0.878. The van der Waals surface area contributed by atoms with E-state index in [4.69, 9.17) is 21.7 Å². The summed E-state index contributed by atoms with van der Waals surface area (Å²) in [6, 6.07) is 14.2. The molecule has 1 aliphatic rings. The van der Waals surface area contributed by atoms with E-state index in [1.54, 1.807) is 49.1 Å². The third-order valence-electron chi connectivity index (χ3n) is 5.16. The first kappa shape index (κ1) is 22.2. The first-order valence-electron chi connectivity index (χ1n) is 10.2. The zero-order chi connectivity index (χ0) is 23.5. The van der Waals surface area contributed by atoms with Gasteiger partial charge in [0.2, 0.25) is 0 Å². The lowest BCUT2D eigenvalue weighted by Gasteiger charge is -2.29. The number of anilines is 1. The summed E-state index contributed by atoms with van der Waals surface area (Å²) in [6.07, 6.45) is 3.24. The molecule has 0 radical (unpaired) electrons. The van der Waals surface area contributed by atoms with Crippen molar-refractivity contribution >= 4 is 57.8 Å². The van der Waals surface area contributed by atoms with Gasteiger partial charge in [-0.25, -0.2) is 0 Å². The SMILES string of the molecule is CCOC(=O)Cn1cc(/C=C2\C(=O)NC(=S)N(c3ccc(OC)cc3)C2=O)c2ccccc21. The van der Waals surface area contributed by atoms with Crippen molar-refractivity contribution in [1.29, 1.82) is 0 Å². The van der Waals surface area contributed by atoms with Gasteiger partial charge in [0.15, 0.2) is 5.11 Å². The highest BCUT2D eigenvalue weighted by atomic mass is 32.1. The van der Waals surface area contributed by atoms with Crippen molar-refractivity contribution in [3.05, 3.63) is 65.9 Å². The van der Waals surface area contributed by atoms with Crippen LogP contribution in [-0.4, -0.2) is 41.2 Å². The van der Waals surface area contributed by atoms with Gasteiger partial charge in [-0.05, 0) is 55.5 Å². The van der Waals surface area contributed by atoms with Gasteiger partial charge < -0.3 is 14.0 Å². The second kappa shape index (κ2) is 9.25. The normalized spacial score (nSPS) is 15.2. The summed E-state index contributed by atoms with van der Waals surface area (Å²) >= 11 is 5.25. The van der Waals surface area contributed by atoms with Crippen molar-refractivity contribution in [2.75, 3.05) is 18.6 Å². The van der Waals surface area contributed by atoms with E-state index in [-0.39, 0.29) is 29.8 Å². The van der Waals surface area contributed by atoms with Crippen molar-refractivity contribution < 1.29 is 23.9 Å². The van der Waals surface area contributed by atoms with E-state index in [0.717, 1.165) is 10.9 Å². The second-order valence-corrected chi connectivity index (χ2v) is 7.58. The fourth-order valence-electron chi connectivity index (χ4n) is 3.65. The molecule has 0 atom stereocenters. The first-order valence-corrected chi connectivity index (χ1v) is 10.6. The fourth-order valence-corrected chi connectivity index (χ4v) is 3.93. The number of ether oxygens (including phenoxy) is 2. The highest BCUT2D eigenvalue weighted by Gasteiger charge is 2.34. The lowest BCUT2D eigenvalue weighted by molar-refractivity contribution is -0.143. The average molecular weight is 464 g/mol. The van der Waals surface area contributed by atoms with Crippen LogP contribution < -0.4 is 15.0 Å². The summed E-state index contributed by atoms with van der Waals surface area (Å²) < 4.78 is 11.9. The van der Waals surface area contributed by atoms with E-state index in [9.17, 15) is 14.4 Å². The van der Waals surface area contributed by atoms with E-state index >= 15 is 0 Å². The number of esters is 1. The van der Waals surface area contributed by atoms with E-state index in [1.807, 2.05) is 24.3 Å². The van der Waals surface area contributed by atoms with Crippen LogP contribution in [0, 0.1) is 0 Å². The minimum atomic E-state index is -0.586. The lowest BCUT2D eigenvalue weighted by atomic mass is 10.1. The summed E-state index contributed by atoms with van der Waals surface area (Å²) in [5.41, 5.74) is 1.83. The van der Waals surface area contributed by atoms with Gasteiger partial charge in [-0.2, -0.15) is 0 Å². The zero-order valence-electron chi connectivity index (χ0n) is 18.0. The van der Waals surface area contributed by atoms with Gasteiger partial charge in [0.05, 0.1) is 19.4 Å². The number of methoxy groups -OCH3 is 1. The van der Waals surface area contributed by atoms with Gasteiger partial charge in [-0.1, -0.05) is 18.2 Å². The number of nitrogens with one attached hydrogen (secondary N) is 1. The molecule has 8 nitrogen and oxygen atoms in total. The topological polar surface area (TPSA) is 89.9 Å². The second-order valence-electron chi connectivity index (χ2n) is 7.19. The molecule has 168 valence electrons. The van der Waals surface area contributed by atoms with Crippen LogP contribution in [0.25, 0.3) is 17.0 Å². The van der Waals surface area contributed by atoms with Gasteiger partial charge in [0.25, 0.3) is 11.8 Å². The van der Waals surface area contributed by atoms with Crippen molar-refractivity contribution in [3.8, 4) is 5.75 Å². The molecule has 1 fully saturated rings. The fraction of sp³-hybridized carbons (Fsp3) is 0.167. The number of carbonyl (C=O) groups is 3. The molecular formula is C24H21N3O5S. The number of thiocarbonyl (C=S) groups is 1. The maximum atomic E-state index is 13.3. The molecule has 3 aromatic rings. The minimum absolute atomic E-state index is 0.00273. The van der Waals surface area contributed by atoms with Crippen LogP contribution >= 0.6 is 12.2 Å². The van der Waals surface area contributed by atoms with Crippen LogP contribution in [0.1, 0.15) is 12.5 Å². The quantitative estimate of drug-likeness (QED) is 0.262. The Morgan fingerprint density at radius 2 is 1.85 bits per heavy atom. The number of rotatable bonds is 6. The number of benzene rings is 2. The predicted octanol–water partition coefficient (Wildman–Crippen LogP) is 3.04. The van der Waals surface area contributed by atoms with Crippen molar-refractivity contribution in [2.24, 2.45) is 0 Å². The van der Waals surface area contributed by atoms with E-state index in [2.05, 4.69) is 5.32 Å². The van der Waals surface area contributed by atoms with E-state index < -0.39 is 11.8 Å². The Labute approximate surface area is 195 Å². The molecule has 9 heteroatoms. The molecule has 33 heavy (non-hydrogen) atoms. The maximum absolute atomic E-state index is 13.3. The Balaban J connectivity index is 1.74. The molecule has 2 amide bonds. The Morgan fingerprint density at radius 3 is 2.55 bits per heavy atom. The molecule has 0 bridgehead atoms. The van der Waals surface area contributed by atoms with Gasteiger partial charge >= 0.3 is 5.97 Å². The molecule has 0 saturated carbocycles. The largest absolute Gasteiger partial charge is 0.497 e. The van der Waals surface area contributed by atoms with Gasteiger partial charge in [-0.3, -0.25) is 24.6 Å². The van der Waals surface area contributed by atoms with Crippen LogP contribution in [0.2, 0.25) is 0 Å². The Bertz CT molecular complexity index is 1290. The van der Waals surface area contributed by atoms with Crippen LogP contribution in [0.15, 0.2) is 60.3 Å². The van der Waals surface area contributed by atoms with Gasteiger partial charge in [-0.15, -0.1) is 0 Å². The number of aromatic nitrogens is 1. The number of hydrogen-bond acceptors (Lipinski definition) is 6. The number of hydrogen-bond donors (Lipinski definition) is 1. The third-order valence-corrected chi connectivity index (χ3v) is 5.44. The molecular weight excluding hydrogens is 442 g/mol. The number of para-hydroxylation sites is 1. The standard InChI is InChI=1S/C24H21N3O5S/c1-3-32-21(28)14-26-13-15(18-6-4-5-7-20(18)26)12-19-22(29)25-24(33)27(23(19)30)16-8-10-17(31-2)11-9-16/h4-13H,3,14H2,1-2H3,(H,25,29,33)/b19-12+. The molecule has 0 spiro atoms. The van der Waals surface area contributed by atoms with Gasteiger partial charge in [0.1, 0.15) is 17.9 Å². The molecule has 0 aliphatic carbocycles. The van der Waals surface area contributed by atoms with Crippen molar-refractivity contribution in [1.82, 2.24) is 9.88 Å². The Kier molecular flexibility index (Phi) is 6.23. The maximum Gasteiger partial charge on any atom is 0.325 e. The number of amides is 2. The highest BCUT2D eigenvalue weighted by molar-refractivity contribution is 7.80. The molecule has 1 saturated heterocycles. The third kappa shape index (κ3) is 4.35. The molecule has 1 aromatic heterocycles. The zero-order valence-corrected chi connectivity index (χ0v) is 18.8. The van der Waals surface area contributed by atoms with Crippen LogP contribution in [0.5, 0.6) is 5.75 Å². The van der Waals surface area contributed by atoms with E-state index in [0.29, 0.717) is 17.0 Å². The molecule has 1 N–H and O–H groups in total. The minimum Gasteiger partial charge on any atom is -0.497 e. The Hall–Kier alpha value is -3.98. The molecule has 2 aromatic carbocycles. The first-order chi connectivity index (χ1) is 15.9. The summed E-state index contributed by atoms with van der Waals surface area (Å²) in [5, 5.41) is 3.37. The molecule has 0 unspecified atom stereocenters. The molecule has 2 heterocycles. The molecule has 1 aliphatic heterocycles. The van der Waals surface area contributed by atoms with E-state index in [1.165, 1.54) is 11.0 Å². The van der Waals surface area contributed by atoms with Crippen LogP contribution in [-0.2, 0) is 25.7 Å². The Morgan fingerprint density at radius 1 is 1.12 bits per heavy atom. The summed E-state index contributed by atoms with van der Waals surface area (Å²) in [7, 11) is 1.55. The van der Waals surface area contributed by atoms with Gasteiger partial charge in [0, 0.05) is 22.7 Å². The van der Waals surface area contributed by atoms with Crippen LogP contribution in [0.4, 0.5) is 5.69 Å². The molecule has 4 rings (SSSR count). The monoisotopic (exact) mass is 463 g/mol. The average Bonchev–Trinajstić information content (AvgIpc) is 3.14. The number of carbonyl (C=O) groups excluding carboxylic acids is 3. The highest BCUT2D eigenvalue weighted by Crippen LogP contribution is 2.27. The number of nitrogens with zero attached hydrogens (tertiary/aromatic N) is 2. The smallest absolute Gasteiger partial charge is 0.325 e. The summed E-state index contributed by atoms with van der Waals surface area (Å²) in [4.78, 5) is 39.3. The van der Waals surface area contributed by atoms with Crippen LogP contribution in [0.3, 0.4) is 0 Å². The number of fused-ring (bicyclic) bond motifs is 1. The van der Waals surface area contributed by atoms with Crippen molar-refractivity contribution in [2.45, 2.75) is 13.5 Å².